The molecule has 1 N–H and O–H groups in total. The Morgan fingerprint density at radius 2 is 2.10 bits per heavy atom. The summed E-state index contributed by atoms with van der Waals surface area (Å²) in [5, 5.41) is 11.6. The maximum atomic E-state index is 13.1. The third-order valence-corrected chi connectivity index (χ3v) is 5.03. The van der Waals surface area contributed by atoms with Crippen LogP contribution in [0.25, 0.3) is 0 Å². The lowest BCUT2D eigenvalue weighted by Gasteiger charge is -2.45. The fourth-order valence-electron chi connectivity index (χ4n) is 3.74. The summed E-state index contributed by atoms with van der Waals surface area (Å²) >= 11 is 6.12. The van der Waals surface area contributed by atoms with Crippen molar-refractivity contribution in [1.29, 1.82) is 0 Å². The number of hydrogen-bond donors (Lipinski definition) is 1. The topological polar surface area (TPSA) is 20.2 Å². The Hall–Kier alpha value is -0.600. The van der Waals surface area contributed by atoms with Crippen LogP contribution in [0.4, 0.5) is 4.39 Å². The predicted molar refractivity (Wildman–Crippen MR) is 81.4 cm³/mol. The summed E-state index contributed by atoms with van der Waals surface area (Å²) in [6.07, 6.45) is 3.53. The van der Waals surface area contributed by atoms with Crippen LogP contribution in [-0.4, -0.2) is 10.7 Å². The van der Waals surface area contributed by atoms with Crippen molar-refractivity contribution >= 4 is 11.6 Å². The normalized spacial score (nSPS) is 30.8. The van der Waals surface area contributed by atoms with Crippen molar-refractivity contribution in [3.63, 3.8) is 0 Å². The standard InChI is InChI=1S/C17H24ClFO/c1-11(2)15-7-4-12(3)9-17(15,20)10-13-5-6-14(19)8-16(13)18/h5-6,8,11-12,15,20H,4,7,9-10H2,1-3H3. The predicted octanol–water partition coefficient (Wildman–Crippen LogP) is 4.84. The van der Waals surface area contributed by atoms with Gasteiger partial charge in [-0.15, -0.1) is 0 Å². The second-order valence-corrected chi connectivity index (χ2v) is 7.16. The van der Waals surface area contributed by atoms with Crippen molar-refractivity contribution in [3.8, 4) is 0 Å². The van der Waals surface area contributed by atoms with Gasteiger partial charge >= 0.3 is 0 Å². The highest BCUT2D eigenvalue weighted by atomic mass is 35.5. The van der Waals surface area contributed by atoms with Crippen molar-refractivity contribution < 1.29 is 9.50 Å². The molecule has 3 unspecified atom stereocenters. The Morgan fingerprint density at radius 3 is 2.70 bits per heavy atom. The van der Waals surface area contributed by atoms with Crippen LogP contribution in [0.3, 0.4) is 0 Å². The van der Waals surface area contributed by atoms with Gasteiger partial charge in [0.15, 0.2) is 0 Å². The highest BCUT2D eigenvalue weighted by Gasteiger charge is 2.42. The largest absolute Gasteiger partial charge is 0.389 e. The molecule has 20 heavy (non-hydrogen) atoms. The van der Waals surface area contributed by atoms with E-state index in [4.69, 9.17) is 11.6 Å². The van der Waals surface area contributed by atoms with Crippen LogP contribution >= 0.6 is 11.6 Å². The lowest BCUT2D eigenvalue weighted by atomic mass is 9.65. The maximum Gasteiger partial charge on any atom is 0.124 e. The first-order valence-electron chi connectivity index (χ1n) is 7.48. The van der Waals surface area contributed by atoms with Gasteiger partial charge in [-0.1, -0.05) is 44.9 Å². The Balaban J connectivity index is 2.26. The van der Waals surface area contributed by atoms with Gasteiger partial charge in [0, 0.05) is 11.4 Å². The maximum absolute atomic E-state index is 13.1. The highest BCUT2D eigenvalue weighted by molar-refractivity contribution is 6.31. The van der Waals surface area contributed by atoms with Gasteiger partial charge in [-0.25, -0.2) is 4.39 Å². The van der Waals surface area contributed by atoms with E-state index in [0.717, 1.165) is 18.4 Å². The summed E-state index contributed by atoms with van der Waals surface area (Å²) in [4.78, 5) is 0. The van der Waals surface area contributed by atoms with Crippen molar-refractivity contribution in [2.45, 2.75) is 52.1 Å². The Kier molecular flexibility index (Phi) is 4.76. The number of benzene rings is 1. The molecular formula is C17H24ClFO. The molecule has 1 nitrogen and oxygen atoms in total. The summed E-state index contributed by atoms with van der Waals surface area (Å²) in [6, 6.07) is 4.45. The summed E-state index contributed by atoms with van der Waals surface area (Å²) in [6.45, 7) is 6.52. The Labute approximate surface area is 126 Å². The minimum atomic E-state index is -0.729. The van der Waals surface area contributed by atoms with Crippen molar-refractivity contribution in [2.24, 2.45) is 17.8 Å². The smallest absolute Gasteiger partial charge is 0.124 e. The molecule has 0 amide bonds. The molecule has 0 aromatic heterocycles. The molecule has 2 rings (SSSR count). The van der Waals surface area contributed by atoms with Gasteiger partial charge in [-0.2, -0.15) is 0 Å². The molecule has 3 atom stereocenters. The zero-order valence-electron chi connectivity index (χ0n) is 12.5. The zero-order valence-corrected chi connectivity index (χ0v) is 13.3. The van der Waals surface area contributed by atoms with Crippen LogP contribution in [0.5, 0.6) is 0 Å². The lowest BCUT2D eigenvalue weighted by molar-refractivity contribution is -0.0795. The van der Waals surface area contributed by atoms with E-state index in [9.17, 15) is 9.50 Å². The number of halogens is 2. The third-order valence-electron chi connectivity index (χ3n) is 4.68. The second-order valence-electron chi connectivity index (χ2n) is 6.75. The van der Waals surface area contributed by atoms with Crippen LogP contribution < -0.4 is 0 Å². The van der Waals surface area contributed by atoms with Gasteiger partial charge in [-0.3, -0.25) is 0 Å². The van der Waals surface area contributed by atoms with Gasteiger partial charge in [-0.05, 0) is 48.3 Å². The van der Waals surface area contributed by atoms with Crippen LogP contribution in [0.2, 0.25) is 5.02 Å². The van der Waals surface area contributed by atoms with E-state index in [0.29, 0.717) is 23.3 Å². The van der Waals surface area contributed by atoms with Crippen molar-refractivity contribution in [3.05, 3.63) is 34.6 Å². The van der Waals surface area contributed by atoms with E-state index >= 15 is 0 Å². The number of hydrogen-bond acceptors (Lipinski definition) is 1. The molecule has 0 radical (unpaired) electrons. The molecule has 0 aliphatic heterocycles. The molecule has 1 aliphatic carbocycles. The van der Waals surface area contributed by atoms with Crippen LogP contribution in [0.15, 0.2) is 18.2 Å². The monoisotopic (exact) mass is 298 g/mol. The van der Waals surface area contributed by atoms with Crippen LogP contribution in [0, 0.1) is 23.6 Å². The van der Waals surface area contributed by atoms with Gasteiger partial charge in [0.05, 0.1) is 5.60 Å². The van der Waals surface area contributed by atoms with E-state index in [-0.39, 0.29) is 11.7 Å². The van der Waals surface area contributed by atoms with E-state index < -0.39 is 5.60 Å². The fourth-order valence-corrected chi connectivity index (χ4v) is 3.98. The molecule has 3 heteroatoms. The molecule has 0 spiro atoms. The zero-order chi connectivity index (χ0) is 14.9. The quantitative estimate of drug-likeness (QED) is 0.846. The number of rotatable bonds is 3. The minimum absolute atomic E-state index is 0.278. The van der Waals surface area contributed by atoms with Crippen LogP contribution in [0.1, 0.15) is 45.6 Å². The van der Waals surface area contributed by atoms with Gasteiger partial charge in [0.2, 0.25) is 0 Å². The highest BCUT2D eigenvalue weighted by Crippen LogP contribution is 2.43. The molecular weight excluding hydrogens is 275 g/mol. The summed E-state index contributed by atoms with van der Waals surface area (Å²) in [5.41, 5.74) is 0.114. The molecule has 1 saturated carbocycles. The Morgan fingerprint density at radius 1 is 1.40 bits per heavy atom. The average Bonchev–Trinajstić information content (AvgIpc) is 2.32. The summed E-state index contributed by atoms with van der Waals surface area (Å²) in [5.74, 6) is 0.906. The second kappa shape index (κ2) is 6.03. The Bertz CT molecular complexity index is 474. The molecule has 1 fully saturated rings. The molecule has 0 heterocycles. The van der Waals surface area contributed by atoms with E-state index in [1.165, 1.54) is 18.6 Å². The molecule has 1 aromatic rings. The first kappa shape index (κ1) is 15.8. The first-order chi connectivity index (χ1) is 9.32. The molecule has 0 saturated heterocycles. The van der Waals surface area contributed by atoms with Crippen molar-refractivity contribution in [1.82, 2.24) is 0 Å². The lowest BCUT2D eigenvalue weighted by Crippen LogP contribution is -2.47. The van der Waals surface area contributed by atoms with Gasteiger partial charge in [0.25, 0.3) is 0 Å². The van der Waals surface area contributed by atoms with Crippen LogP contribution in [-0.2, 0) is 6.42 Å². The molecule has 1 aliphatic rings. The summed E-state index contributed by atoms with van der Waals surface area (Å²) < 4.78 is 13.1. The summed E-state index contributed by atoms with van der Waals surface area (Å²) in [7, 11) is 0. The van der Waals surface area contributed by atoms with Crippen molar-refractivity contribution in [2.75, 3.05) is 0 Å². The average molecular weight is 299 g/mol. The van der Waals surface area contributed by atoms with Gasteiger partial charge < -0.3 is 5.11 Å². The first-order valence-corrected chi connectivity index (χ1v) is 7.86. The van der Waals surface area contributed by atoms with Gasteiger partial charge in [0.1, 0.15) is 5.82 Å². The minimum Gasteiger partial charge on any atom is -0.389 e. The SMILES string of the molecule is CC1CCC(C(C)C)C(O)(Cc2ccc(F)cc2Cl)C1. The van der Waals surface area contributed by atoms with E-state index in [2.05, 4.69) is 20.8 Å². The van der Waals surface area contributed by atoms with E-state index in [1.54, 1.807) is 6.07 Å². The molecule has 112 valence electrons. The fraction of sp³-hybridized carbons (Fsp3) is 0.647. The molecule has 1 aromatic carbocycles. The third kappa shape index (κ3) is 3.35. The van der Waals surface area contributed by atoms with E-state index in [1.807, 2.05) is 0 Å². The number of aliphatic hydroxyl groups is 1. The molecule has 0 bridgehead atoms.